The molecule has 4 rings (SSSR count). The van der Waals surface area contributed by atoms with Crippen molar-refractivity contribution < 1.29 is 4.92 Å². The van der Waals surface area contributed by atoms with Gasteiger partial charge in [-0.15, -0.1) is 0 Å². The quantitative estimate of drug-likeness (QED) is 0.173. The van der Waals surface area contributed by atoms with Crippen LogP contribution in [-0.2, 0) is 0 Å². The van der Waals surface area contributed by atoms with Gasteiger partial charge in [0.15, 0.2) is 0 Å². The Morgan fingerprint density at radius 2 is 1.12 bits per heavy atom. The predicted molar refractivity (Wildman–Crippen MR) is 134 cm³/mol. The van der Waals surface area contributed by atoms with E-state index < -0.39 is 4.92 Å². The van der Waals surface area contributed by atoms with Gasteiger partial charge in [-0.3, -0.25) is 10.1 Å². The predicted octanol–water partition coefficient (Wildman–Crippen LogP) is 7.65. The van der Waals surface area contributed by atoms with Crippen molar-refractivity contribution in [1.82, 2.24) is 0 Å². The van der Waals surface area contributed by atoms with Crippen molar-refractivity contribution in [3.63, 3.8) is 0 Å². The summed E-state index contributed by atoms with van der Waals surface area (Å²) >= 11 is 4.99. The summed E-state index contributed by atoms with van der Waals surface area (Å²) in [6, 6.07) is 30.5. The maximum Gasteiger partial charge on any atom is 0.269 e. The molecule has 0 bridgehead atoms. The highest BCUT2D eigenvalue weighted by molar-refractivity contribution is 9.10. The summed E-state index contributed by atoms with van der Waals surface area (Å²) in [5.41, 5.74) is 3.98. The molecule has 0 atom stereocenters. The smallest absolute Gasteiger partial charge is 0.269 e. The lowest BCUT2D eigenvalue weighted by Crippen LogP contribution is -1.90. The number of halogens is 1. The highest BCUT2D eigenvalue weighted by Crippen LogP contribution is 2.30. The lowest BCUT2D eigenvalue weighted by Gasteiger charge is -2.08. The molecule has 6 heteroatoms. The second-order valence-electron chi connectivity index (χ2n) is 6.84. The van der Waals surface area contributed by atoms with Gasteiger partial charge in [0.2, 0.25) is 0 Å². The van der Waals surface area contributed by atoms with Crippen LogP contribution >= 0.6 is 27.7 Å². The van der Waals surface area contributed by atoms with Gasteiger partial charge in [-0.05, 0) is 84.9 Å². The van der Waals surface area contributed by atoms with Crippen LogP contribution in [0.5, 0.6) is 0 Å². The van der Waals surface area contributed by atoms with Gasteiger partial charge in [0, 0.05) is 48.9 Å². The van der Waals surface area contributed by atoms with Crippen LogP contribution in [0.4, 0.5) is 17.1 Å². The van der Waals surface area contributed by atoms with E-state index in [-0.39, 0.29) is 5.69 Å². The summed E-state index contributed by atoms with van der Waals surface area (Å²) in [6.07, 6.45) is 0. The van der Waals surface area contributed by atoms with E-state index >= 15 is 0 Å². The molecule has 0 aliphatic carbocycles. The second kappa shape index (κ2) is 10.2. The monoisotopic (exact) mass is 500 g/mol. The number of anilines is 2. The van der Waals surface area contributed by atoms with E-state index in [1.807, 2.05) is 72.8 Å². The Hall–Kier alpha value is -3.53. The molecule has 156 valence electrons. The third kappa shape index (κ3) is 6.01. The summed E-state index contributed by atoms with van der Waals surface area (Å²) in [4.78, 5) is 12.4. The molecule has 0 aromatic heterocycles. The van der Waals surface area contributed by atoms with E-state index in [0.717, 1.165) is 36.8 Å². The lowest BCUT2D eigenvalue weighted by atomic mass is 10.1. The molecule has 0 saturated carbocycles. The van der Waals surface area contributed by atoms with Gasteiger partial charge >= 0.3 is 0 Å². The third-order valence-corrected chi connectivity index (χ3v) is 6.05. The highest BCUT2D eigenvalue weighted by atomic mass is 79.9. The first kappa shape index (κ1) is 21.7. The normalized spacial score (nSPS) is 10.2. The van der Waals surface area contributed by atoms with Crippen LogP contribution in [0.15, 0.2) is 111 Å². The maximum atomic E-state index is 10.8. The Morgan fingerprint density at radius 3 is 1.62 bits per heavy atom. The fourth-order valence-electron chi connectivity index (χ4n) is 2.86. The summed E-state index contributed by atoms with van der Waals surface area (Å²) in [5, 5.41) is 14.1. The molecule has 4 aromatic rings. The molecule has 0 heterocycles. The minimum Gasteiger partial charge on any atom is -0.356 e. The van der Waals surface area contributed by atoms with Crippen LogP contribution in [-0.4, -0.2) is 4.92 Å². The zero-order valence-corrected chi connectivity index (χ0v) is 19.2. The van der Waals surface area contributed by atoms with Gasteiger partial charge in [0.05, 0.1) is 4.92 Å². The number of nitrogens with zero attached hydrogens (tertiary/aromatic N) is 1. The summed E-state index contributed by atoms with van der Waals surface area (Å²) in [5.74, 6) is 6.34. The average Bonchev–Trinajstić information content (AvgIpc) is 2.81. The topological polar surface area (TPSA) is 55.2 Å². The number of benzene rings is 4. The van der Waals surface area contributed by atoms with Gasteiger partial charge in [0.25, 0.3) is 5.69 Å². The summed E-state index contributed by atoms with van der Waals surface area (Å²) < 4.78 is 1.04. The number of non-ortho nitro benzene ring substituents is 1. The first-order valence-electron chi connectivity index (χ1n) is 9.72. The molecule has 0 unspecified atom stereocenters. The van der Waals surface area contributed by atoms with Crippen molar-refractivity contribution in [3.8, 4) is 11.8 Å². The van der Waals surface area contributed by atoms with Crippen molar-refractivity contribution in [1.29, 1.82) is 0 Å². The molecular formula is C26H17BrN2O2S. The Morgan fingerprint density at radius 1 is 0.688 bits per heavy atom. The molecule has 32 heavy (non-hydrogen) atoms. The van der Waals surface area contributed by atoms with Gasteiger partial charge in [-0.2, -0.15) is 0 Å². The Balaban J connectivity index is 1.36. The number of hydrogen-bond acceptors (Lipinski definition) is 4. The van der Waals surface area contributed by atoms with Crippen LogP contribution < -0.4 is 5.32 Å². The van der Waals surface area contributed by atoms with Crippen molar-refractivity contribution in [2.45, 2.75) is 9.79 Å². The van der Waals surface area contributed by atoms with E-state index in [1.165, 1.54) is 12.1 Å². The molecular weight excluding hydrogens is 484 g/mol. The van der Waals surface area contributed by atoms with Crippen molar-refractivity contribution >= 4 is 44.8 Å². The molecule has 4 aromatic carbocycles. The number of nitrogens with one attached hydrogen (secondary N) is 1. The SMILES string of the molecule is O=[N+]([O-])c1ccc(Sc2ccc(Nc3ccc(C#Cc4ccc(Br)cc4)cc3)cc2)cc1. The van der Waals surface area contributed by atoms with Crippen LogP contribution in [0.3, 0.4) is 0 Å². The van der Waals surface area contributed by atoms with E-state index in [0.29, 0.717) is 0 Å². The van der Waals surface area contributed by atoms with Crippen molar-refractivity contribution in [2.75, 3.05) is 5.32 Å². The Kier molecular flexibility index (Phi) is 6.90. The Bertz CT molecular complexity index is 1280. The molecule has 1 N–H and O–H groups in total. The van der Waals surface area contributed by atoms with E-state index in [4.69, 9.17) is 0 Å². The van der Waals surface area contributed by atoms with E-state index in [1.54, 1.807) is 23.9 Å². The lowest BCUT2D eigenvalue weighted by molar-refractivity contribution is -0.384. The zero-order valence-electron chi connectivity index (χ0n) is 16.8. The molecule has 4 nitrogen and oxygen atoms in total. The number of nitro groups is 1. The van der Waals surface area contributed by atoms with E-state index in [9.17, 15) is 10.1 Å². The standard InChI is InChI=1S/C26H17BrN2O2S/c27-21-7-3-19(4-8-21)1-2-20-5-9-22(10-6-20)28-23-11-15-25(16-12-23)32-26-17-13-24(14-18-26)29(30)31/h3-18,28H. The average molecular weight is 501 g/mol. The van der Waals surface area contributed by atoms with Crippen molar-refractivity contribution in [2.24, 2.45) is 0 Å². The van der Waals surface area contributed by atoms with Crippen molar-refractivity contribution in [3.05, 3.63) is 123 Å². The minimum atomic E-state index is -0.392. The first-order valence-corrected chi connectivity index (χ1v) is 11.3. The molecule has 0 spiro atoms. The fourth-order valence-corrected chi connectivity index (χ4v) is 3.94. The first-order chi connectivity index (χ1) is 15.5. The molecule has 0 aliphatic heterocycles. The van der Waals surface area contributed by atoms with Crippen LogP contribution in [0.1, 0.15) is 11.1 Å². The molecule has 0 saturated heterocycles. The summed E-state index contributed by atoms with van der Waals surface area (Å²) in [7, 11) is 0. The van der Waals surface area contributed by atoms with Gasteiger partial charge in [-0.1, -0.05) is 39.5 Å². The highest BCUT2D eigenvalue weighted by Gasteiger charge is 2.05. The van der Waals surface area contributed by atoms with Crippen LogP contribution in [0.25, 0.3) is 0 Å². The number of rotatable bonds is 5. The fraction of sp³-hybridized carbons (Fsp3) is 0. The second-order valence-corrected chi connectivity index (χ2v) is 8.90. The largest absolute Gasteiger partial charge is 0.356 e. The summed E-state index contributed by atoms with van der Waals surface area (Å²) in [6.45, 7) is 0. The van der Waals surface area contributed by atoms with Gasteiger partial charge in [0.1, 0.15) is 0 Å². The number of nitro benzene ring substituents is 1. The van der Waals surface area contributed by atoms with Gasteiger partial charge < -0.3 is 5.32 Å². The van der Waals surface area contributed by atoms with Crippen LogP contribution in [0, 0.1) is 22.0 Å². The van der Waals surface area contributed by atoms with Gasteiger partial charge in [-0.25, -0.2) is 0 Å². The van der Waals surface area contributed by atoms with Crippen LogP contribution in [0.2, 0.25) is 0 Å². The molecule has 0 fully saturated rings. The van der Waals surface area contributed by atoms with E-state index in [2.05, 4.69) is 33.1 Å². The maximum absolute atomic E-state index is 10.8. The molecule has 0 aliphatic rings. The Labute approximate surface area is 199 Å². The number of hydrogen-bond donors (Lipinski definition) is 1. The minimum absolute atomic E-state index is 0.0965. The zero-order chi connectivity index (χ0) is 22.3. The molecule has 0 radical (unpaired) electrons. The third-order valence-electron chi connectivity index (χ3n) is 4.51. The molecule has 0 amide bonds.